The second kappa shape index (κ2) is 5.49. The fourth-order valence-electron chi connectivity index (χ4n) is 2.12. The van der Waals surface area contributed by atoms with Gasteiger partial charge in [0, 0.05) is 24.5 Å². The van der Waals surface area contributed by atoms with Crippen molar-refractivity contribution in [3.05, 3.63) is 47.4 Å². The van der Waals surface area contributed by atoms with Crippen LogP contribution in [0.4, 0.5) is 16.2 Å². The van der Waals surface area contributed by atoms with Crippen molar-refractivity contribution in [2.24, 2.45) is 0 Å². The van der Waals surface area contributed by atoms with E-state index in [1.54, 1.807) is 23.1 Å². The molecule has 0 unspecified atom stereocenters. The van der Waals surface area contributed by atoms with Gasteiger partial charge in [-0.1, -0.05) is 6.07 Å². The Kier molecular flexibility index (Phi) is 3.53. The van der Waals surface area contributed by atoms with Crippen molar-refractivity contribution < 1.29 is 14.0 Å². The summed E-state index contributed by atoms with van der Waals surface area (Å²) in [6.07, 6.45) is 1.35. The van der Waals surface area contributed by atoms with Crippen molar-refractivity contribution >= 4 is 34.9 Å². The number of furan rings is 1. The third-order valence-electron chi connectivity index (χ3n) is 3.14. The van der Waals surface area contributed by atoms with Gasteiger partial charge in [-0.15, -0.1) is 0 Å². The quantitative estimate of drug-likeness (QED) is 0.915. The molecule has 0 atom stereocenters. The van der Waals surface area contributed by atoms with Gasteiger partial charge in [0.05, 0.1) is 11.8 Å². The van der Waals surface area contributed by atoms with Gasteiger partial charge in [-0.3, -0.25) is 9.69 Å². The van der Waals surface area contributed by atoms with E-state index >= 15 is 0 Å². The Hall–Kier alpha value is -2.47. The molecule has 2 heterocycles. The van der Waals surface area contributed by atoms with Crippen LogP contribution in [-0.2, 0) is 0 Å². The third kappa shape index (κ3) is 2.71. The van der Waals surface area contributed by atoms with Crippen LogP contribution in [0.3, 0.4) is 0 Å². The first kappa shape index (κ1) is 13.5. The smallest absolute Gasteiger partial charge is 0.321 e. The van der Waals surface area contributed by atoms with Gasteiger partial charge in [0.15, 0.2) is 0 Å². The number of anilines is 2. The SMILES string of the molecule is O=C(Nc1cccc(N2CCNC2=O)c1)c1ccoc1Cl. The summed E-state index contributed by atoms with van der Waals surface area (Å²) in [4.78, 5) is 25.3. The Bertz CT molecular complexity index is 698. The molecule has 0 aliphatic carbocycles. The minimum Gasteiger partial charge on any atom is -0.452 e. The lowest BCUT2D eigenvalue weighted by Gasteiger charge is -2.15. The molecule has 7 heteroatoms. The summed E-state index contributed by atoms with van der Waals surface area (Å²) >= 11 is 5.77. The average molecular weight is 306 g/mol. The van der Waals surface area contributed by atoms with E-state index in [-0.39, 0.29) is 22.7 Å². The number of rotatable bonds is 3. The molecular formula is C14H12ClN3O3. The van der Waals surface area contributed by atoms with Gasteiger partial charge in [-0.2, -0.15) is 0 Å². The van der Waals surface area contributed by atoms with E-state index < -0.39 is 0 Å². The summed E-state index contributed by atoms with van der Waals surface area (Å²) in [7, 11) is 0. The minimum atomic E-state index is -0.364. The monoisotopic (exact) mass is 305 g/mol. The molecule has 0 radical (unpaired) electrons. The molecule has 1 saturated heterocycles. The molecule has 1 aliphatic heterocycles. The molecular weight excluding hydrogens is 294 g/mol. The molecule has 2 aromatic rings. The van der Waals surface area contributed by atoms with E-state index in [1.807, 2.05) is 6.07 Å². The number of hydrogen-bond acceptors (Lipinski definition) is 3. The average Bonchev–Trinajstić information content (AvgIpc) is 3.07. The van der Waals surface area contributed by atoms with E-state index in [1.165, 1.54) is 12.3 Å². The van der Waals surface area contributed by atoms with E-state index in [9.17, 15) is 9.59 Å². The lowest BCUT2D eigenvalue weighted by molar-refractivity contribution is 0.102. The van der Waals surface area contributed by atoms with E-state index in [0.717, 1.165) is 5.69 Å². The number of benzene rings is 1. The van der Waals surface area contributed by atoms with Gasteiger partial charge in [0.1, 0.15) is 0 Å². The largest absolute Gasteiger partial charge is 0.452 e. The Labute approximate surface area is 125 Å². The summed E-state index contributed by atoms with van der Waals surface area (Å²) < 4.78 is 4.89. The van der Waals surface area contributed by atoms with Crippen LogP contribution in [-0.4, -0.2) is 25.0 Å². The first-order valence-corrected chi connectivity index (χ1v) is 6.73. The van der Waals surface area contributed by atoms with Crippen LogP contribution in [0.25, 0.3) is 0 Å². The highest BCUT2D eigenvalue weighted by molar-refractivity contribution is 6.32. The van der Waals surface area contributed by atoms with Gasteiger partial charge >= 0.3 is 6.03 Å². The van der Waals surface area contributed by atoms with Crippen LogP contribution in [0, 0.1) is 0 Å². The molecule has 6 nitrogen and oxygen atoms in total. The summed E-state index contributed by atoms with van der Waals surface area (Å²) in [6, 6.07) is 8.41. The lowest BCUT2D eigenvalue weighted by atomic mass is 10.2. The van der Waals surface area contributed by atoms with Gasteiger partial charge in [-0.25, -0.2) is 4.79 Å². The highest BCUT2D eigenvalue weighted by Crippen LogP contribution is 2.23. The molecule has 108 valence electrons. The molecule has 1 fully saturated rings. The molecule has 1 aromatic heterocycles. The van der Waals surface area contributed by atoms with E-state index in [4.69, 9.17) is 16.0 Å². The van der Waals surface area contributed by atoms with E-state index in [2.05, 4.69) is 10.6 Å². The molecule has 21 heavy (non-hydrogen) atoms. The second-order valence-electron chi connectivity index (χ2n) is 4.50. The predicted molar refractivity (Wildman–Crippen MR) is 78.9 cm³/mol. The highest BCUT2D eigenvalue weighted by Gasteiger charge is 2.21. The maximum atomic E-state index is 12.0. The molecule has 0 saturated carbocycles. The summed E-state index contributed by atoms with van der Waals surface area (Å²) in [5.41, 5.74) is 1.57. The van der Waals surface area contributed by atoms with Crippen LogP contribution in [0.5, 0.6) is 0 Å². The number of hydrogen-bond donors (Lipinski definition) is 2. The molecule has 3 rings (SSSR count). The Morgan fingerprint density at radius 1 is 1.38 bits per heavy atom. The van der Waals surface area contributed by atoms with Gasteiger partial charge in [0.2, 0.25) is 5.22 Å². The molecule has 1 aromatic carbocycles. The number of urea groups is 1. The first-order chi connectivity index (χ1) is 10.1. The van der Waals surface area contributed by atoms with Crippen LogP contribution >= 0.6 is 11.6 Å². The van der Waals surface area contributed by atoms with Crippen molar-refractivity contribution in [3.63, 3.8) is 0 Å². The zero-order valence-electron chi connectivity index (χ0n) is 10.9. The maximum absolute atomic E-state index is 12.0. The van der Waals surface area contributed by atoms with Crippen molar-refractivity contribution in [2.75, 3.05) is 23.3 Å². The van der Waals surface area contributed by atoms with Crippen LogP contribution in [0.1, 0.15) is 10.4 Å². The van der Waals surface area contributed by atoms with Gasteiger partial charge < -0.3 is 15.1 Å². The minimum absolute atomic E-state index is 0.0441. The van der Waals surface area contributed by atoms with Crippen molar-refractivity contribution in [1.29, 1.82) is 0 Å². The number of amides is 3. The number of nitrogens with one attached hydrogen (secondary N) is 2. The standard InChI is InChI=1S/C14H12ClN3O3/c15-12-11(4-7-21-12)13(19)17-9-2-1-3-10(8-9)18-6-5-16-14(18)20/h1-4,7-8H,5-6H2,(H,16,20)(H,17,19). The van der Waals surface area contributed by atoms with Gasteiger partial charge in [-0.05, 0) is 35.9 Å². The topological polar surface area (TPSA) is 74.6 Å². The van der Waals surface area contributed by atoms with Crippen LogP contribution in [0.15, 0.2) is 41.0 Å². The van der Waals surface area contributed by atoms with Crippen molar-refractivity contribution in [2.45, 2.75) is 0 Å². The summed E-state index contributed by atoms with van der Waals surface area (Å²) in [5, 5.41) is 5.49. The fourth-order valence-corrected chi connectivity index (χ4v) is 2.32. The Morgan fingerprint density at radius 2 is 2.24 bits per heavy atom. The number of carbonyl (C=O) groups excluding carboxylic acids is 2. The van der Waals surface area contributed by atoms with Gasteiger partial charge in [0.25, 0.3) is 5.91 Å². The zero-order chi connectivity index (χ0) is 14.8. The molecule has 3 amide bonds. The molecule has 1 aliphatic rings. The van der Waals surface area contributed by atoms with E-state index in [0.29, 0.717) is 18.8 Å². The van der Waals surface area contributed by atoms with Crippen LogP contribution in [0.2, 0.25) is 5.22 Å². The Morgan fingerprint density at radius 3 is 2.90 bits per heavy atom. The number of nitrogens with zero attached hydrogens (tertiary/aromatic N) is 1. The fraction of sp³-hybridized carbons (Fsp3) is 0.143. The zero-order valence-corrected chi connectivity index (χ0v) is 11.7. The third-order valence-corrected chi connectivity index (χ3v) is 3.43. The summed E-state index contributed by atoms with van der Waals surface area (Å²) in [6.45, 7) is 1.21. The molecule has 2 N–H and O–H groups in total. The van der Waals surface area contributed by atoms with Crippen LogP contribution < -0.4 is 15.5 Å². The first-order valence-electron chi connectivity index (χ1n) is 6.35. The maximum Gasteiger partial charge on any atom is 0.321 e. The normalized spacial score (nSPS) is 14.1. The molecule has 0 spiro atoms. The molecule has 0 bridgehead atoms. The lowest BCUT2D eigenvalue weighted by Crippen LogP contribution is -2.27. The Balaban J connectivity index is 1.79. The number of carbonyl (C=O) groups is 2. The summed E-state index contributed by atoms with van der Waals surface area (Å²) in [5.74, 6) is -0.364. The second-order valence-corrected chi connectivity index (χ2v) is 4.84. The van der Waals surface area contributed by atoms with Crippen molar-refractivity contribution in [3.8, 4) is 0 Å². The highest BCUT2D eigenvalue weighted by atomic mass is 35.5. The number of halogens is 1. The van der Waals surface area contributed by atoms with Crippen molar-refractivity contribution in [1.82, 2.24) is 5.32 Å². The predicted octanol–water partition coefficient (Wildman–Crippen LogP) is 2.71.